The molecule has 0 aliphatic carbocycles. The molecule has 0 saturated heterocycles. The van der Waals surface area contributed by atoms with Gasteiger partial charge in [0.25, 0.3) is 0 Å². The van der Waals surface area contributed by atoms with Crippen LogP contribution in [0.2, 0.25) is 0 Å². The van der Waals surface area contributed by atoms with Crippen LogP contribution in [0.25, 0.3) is 0 Å². The van der Waals surface area contributed by atoms with Crippen molar-refractivity contribution >= 4 is 17.5 Å². The maximum atomic E-state index is 10.6. The number of nitrogens with zero attached hydrogens (tertiary/aromatic N) is 2. The molecule has 0 aliphatic heterocycles. The third-order valence-corrected chi connectivity index (χ3v) is 2.63. The zero-order valence-electron chi connectivity index (χ0n) is 10.9. The fourth-order valence-electron chi connectivity index (χ4n) is 1.75. The molecular formula is C12H21N5O. The van der Waals surface area contributed by atoms with E-state index in [1.165, 1.54) is 6.33 Å². The van der Waals surface area contributed by atoms with E-state index in [1.54, 1.807) is 0 Å². The minimum absolute atomic E-state index is 0.260. The van der Waals surface area contributed by atoms with Crippen LogP contribution in [-0.2, 0) is 4.79 Å². The summed E-state index contributed by atoms with van der Waals surface area (Å²) in [4.78, 5) is 18.8. The number of anilines is 2. The van der Waals surface area contributed by atoms with Crippen molar-refractivity contribution in [2.45, 2.75) is 39.0 Å². The predicted molar refractivity (Wildman–Crippen MR) is 72.1 cm³/mol. The molecule has 1 heterocycles. The summed E-state index contributed by atoms with van der Waals surface area (Å²) in [6, 6.07) is 0. The van der Waals surface area contributed by atoms with Gasteiger partial charge in [-0.15, -0.1) is 0 Å². The van der Waals surface area contributed by atoms with Crippen molar-refractivity contribution in [3.8, 4) is 0 Å². The SMILES string of the molecule is CC(C)c1c(N)ncnc1NCCCCC(N)=O. The van der Waals surface area contributed by atoms with Gasteiger partial charge in [0.05, 0.1) is 0 Å². The first-order chi connectivity index (χ1) is 8.52. The van der Waals surface area contributed by atoms with Crippen molar-refractivity contribution in [1.29, 1.82) is 0 Å². The fourth-order valence-corrected chi connectivity index (χ4v) is 1.75. The van der Waals surface area contributed by atoms with E-state index >= 15 is 0 Å². The molecule has 0 atom stereocenters. The molecule has 0 aliphatic rings. The number of primary amides is 1. The molecular weight excluding hydrogens is 230 g/mol. The molecule has 100 valence electrons. The predicted octanol–water partition coefficient (Wildman–Crippen LogP) is 1.25. The number of carbonyl (C=O) groups is 1. The Morgan fingerprint density at radius 3 is 2.72 bits per heavy atom. The average molecular weight is 251 g/mol. The number of nitrogens with one attached hydrogen (secondary N) is 1. The third kappa shape index (κ3) is 4.20. The molecule has 1 rings (SSSR count). The fraction of sp³-hybridized carbons (Fsp3) is 0.583. The van der Waals surface area contributed by atoms with E-state index in [1.807, 2.05) is 13.8 Å². The molecule has 0 aromatic carbocycles. The van der Waals surface area contributed by atoms with Gasteiger partial charge >= 0.3 is 0 Å². The molecule has 6 heteroatoms. The Kier molecular flexibility index (Phi) is 5.35. The molecule has 0 saturated carbocycles. The summed E-state index contributed by atoms with van der Waals surface area (Å²) in [5.41, 5.74) is 11.9. The Bertz CT molecular complexity index is 405. The largest absolute Gasteiger partial charge is 0.383 e. The lowest BCUT2D eigenvalue weighted by Gasteiger charge is -2.14. The van der Waals surface area contributed by atoms with Gasteiger partial charge in [-0.05, 0) is 18.8 Å². The lowest BCUT2D eigenvalue weighted by Crippen LogP contribution is -2.12. The quantitative estimate of drug-likeness (QED) is 0.632. The number of carbonyl (C=O) groups excluding carboxylic acids is 1. The number of rotatable bonds is 7. The van der Waals surface area contributed by atoms with E-state index in [4.69, 9.17) is 11.5 Å². The highest BCUT2D eigenvalue weighted by molar-refractivity contribution is 5.73. The number of nitrogen functional groups attached to an aromatic ring is 1. The van der Waals surface area contributed by atoms with E-state index in [9.17, 15) is 4.79 Å². The first-order valence-electron chi connectivity index (χ1n) is 6.15. The van der Waals surface area contributed by atoms with E-state index < -0.39 is 0 Å². The lowest BCUT2D eigenvalue weighted by atomic mass is 10.0. The summed E-state index contributed by atoms with van der Waals surface area (Å²) in [7, 11) is 0. The van der Waals surface area contributed by atoms with Gasteiger partial charge in [0.1, 0.15) is 18.0 Å². The summed E-state index contributed by atoms with van der Waals surface area (Å²) in [5.74, 6) is 1.29. The normalized spacial score (nSPS) is 10.6. The first kappa shape index (κ1) is 14.2. The summed E-state index contributed by atoms with van der Waals surface area (Å²) in [5, 5.41) is 3.23. The standard InChI is InChI=1S/C12H21N5O/c1-8(2)10-11(14)16-7-17-12(10)15-6-4-3-5-9(13)18/h7-8H,3-6H2,1-2H3,(H2,13,18)(H3,14,15,16,17). The average Bonchev–Trinajstić information content (AvgIpc) is 2.27. The van der Waals surface area contributed by atoms with Crippen LogP contribution in [0.5, 0.6) is 0 Å². The van der Waals surface area contributed by atoms with Crippen molar-refractivity contribution in [3.05, 3.63) is 11.9 Å². The number of hydrogen-bond donors (Lipinski definition) is 3. The molecule has 1 amide bonds. The van der Waals surface area contributed by atoms with Crippen molar-refractivity contribution in [3.63, 3.8) is 0 Å². The monoisotopic (exact) mass is 251 g/mol. The van der Waals surface area contributed by atoms with Gasteiger partial charge < -0.3 is 16.8 Å². The minimum Gasteiger partial charge on any atom is -0.383 e. The van der Waals surface area contributed by atoms with Crippen LogP contribution < -0.4 is 16.8 Å². The van der Waals surface area contributed by atoms with Crippen molar-refractivity contribution in [2.24, 2.45) is 5.73 Å². The number of amides is 1. The summed E-state index contributed by atoms with van der Waals surface area (Å²) >= 11 is 0. The van der Waals surface area contributed by atoms with Gasteiger partial charge in [0.2, 0.25) is 5.91 Å². The van der Waals surface area contributed by atoms with E-state index in [0.717, 1.165) is 30.8 Å². The molecule has 1 aromatic rings. The highest BCUT2D eigenvalue weighted by Gasteiger charge is 2.12. The van der Waals surface area contributed by atoms with Crippen LogP contribution in [-0.4, -0.2) is 22.4 Å². The Hall–Kier alpha value is -1.85. The molecule has 6 nitrogen and oxygen atoms in total. The van der Waals surface area contributed by atoms with Crippen LogP contribution in [0.4, 0.5) is 11.6 Å². The smallest absolute Gasteiger partial charge is 0.217 e. The molecule has 18 heavy (non-hydrogen) atoms. The molecule has 5 N–H and O–H groups in total. The molecule has 0 unspecified atom stereocenters. The van der Waals surface area contributed by atoms with Gasteiger partial charge in [-0.2, -0.15) is 0 Å². The second-order valence-electron chi connectivity index (χ2n) is 4.53. The maximum Gasteiger partial charge on any atom is 0.217 e. The third-order valence-electron chi connectivity index (χ3n) is 2.63. The van der Waals surface area contributed by atoms with Crippen LogP contribution in [0, 0.1) is 0 Å². The van der Waals surface area contributed by atoms with Gasteiger partial charge in [-0.3, -0.25) is 4.79 Å². The molecule has 0 bridgehead atoms. The van der Waals surface area contributed by atoms with Gasteiger partial charge in [-0.25, -0.2) is 9.97 Å². The Labute approximate surface area is 107 Å². The number of nitrogens with two attached hydrogens (primary N) is 2. The second kappa shape index (κ2) is 6.78. The van der Waals surface area contributed by atoms with Crippen molar-refractivity contribution < 1.29 is 4.79 Å². The summed E-state index contributed by atoms with van der Waals surface area (Å²) < 4.78 is 0. The molecule has 1 aromatic heterocycles. The van der Waals surface area contributed by atoms with E-state index in [2.05, 4.69) is 15.3 Å². The minimum atomic E-state index is -0.260. The molecule has 0 spiro atoms. The van der Waals surface area contributed by atoms with Crippen molar-refractivity contribution in [1.82, 2.24) is 9.97 Å². The molecule has 0 radical (unpaired) electrons. The number of hydrogen-bond acceptors (Lipinski definition) is 5. The Balaban J connectivity index is 2.52. The number of aromatic nitrogens is 2. The van der Waals surface area contributed by atoms with Crippen LogP contribution in [0.15, 0.2) is 6.33 Å². The maximum absolute atomic E-state index is 10.6. The summed E-state index contributed by atoms with van der Waals surface area (Å²) in [6.07, 6.45) is 3.52. The van der Waals surface area contributed by atoms with Crippen LogP contribution >= 0.6 is 0 Å². The van der Waals surface area contributed by atoms with Crippen LogP contribution in [0.3, 0.4) is 0 Å². The van der Waals surface area contributed by atoms with Crippen LogP contribution in [0.1, 0.15) is 44.6 Å². The van der Waals surface area contributed by atoms with Gasteiger partial charge in [-0.1, -0.05) is 13.8 Å². The van der Waals surface area contributed by atoms with E-state index in [-0.39, 0.29) is 11.8 Å². The Morgan fingerprint density at radius 1 is 1.39 bits per heavy atom. The first-order valence-corrected chi connectivity index (χ1v) is 6.15. The van der Waals surface area contributed by atoms with Gasteiger partial charge in [0, 0.05) is 18.5 Å². The van der Waals surface area contributed by atoms with E-state index in [0.29, 0.717) is 12.2 Å². The van der Waals surface area contributed by atoms with Crippen molar-refractivity contribution in [2.75, 3.05) is 17.6 Å². The summed E-state index contributed by atoms with van der Waals surface area (Å²) in [6.45, 7) is 4.84. The topological polar surface area (TPSA) is 107 Å². The second-order valence-corrected chi connectivity index (χ2v) is 4.53. The van der Waals surface area contributed by atoms with Gasteiger partial charge in [0.15, 0.2) is 0 Å². The number of unbranched alkanes of at least 4 members (excludes halogenated alkanes) is 1. The zero-order valence-corrected chi connectivity index (χ0v) is 10.9. The lowest BCUT2D eigenvalue weighted by molar-refractivity contribution is -0.118. The molecule has 0 fully saturated rings. The Morgan fingerprint density at radius 2 is 2.11 bits per heavy atom. The highest BCUT2D eigenvalue weighted by atomic mass is 16.1. The highest BCUT2D eigenvalue weighted by Crippen LogP contribution is 2.26. The zero-order chi connectivity index (χ0) is 13.5.